The third-order valence-electron chi connectivity index (χ3n) is 6.90. The molecule has 0 aromatic heterocycles. The molecular formula is C29H41N3O6S. The number of carbonyl (C=O) groups is 2. The van der Waals surface area contributed by atoms with Crippen LogP contribution in [0.15, 0.2) is 53.4 Å². The highest BCUT2D eigenvalue weighted by Crippen LogP contribution is 2.22. The van der Waals surface area contributed by atoms with E-state index in [4.69, 9.17) is 9.47 Å². The molecule has 1 aliphatic rings. The Labute approximate surface area is 232 Å². The van der Waals surface area contributed by atoms with E-state index in [0.717, 1.165) is 24.0 Å². The summed E-state index contributed by atoms with van der Waals surface area (Å²) in [6.07, 6.45) is 3.09. The number of nitrogens with zero attached hydrogens (tertiary/aromatic N) is 2. The molecule has 0 aliphatic carbocycles. The summed E-state index contributed by atoms with van der Waals surface area (Å²) in [7, 11) is -1.88. The Morgan fingerprint density at radius 2 is 1.67 bits per heavy atom. The van der Waals surface area contributed by atoms with Crippen LogP contribution in [-0.4, -0.2) is 75.4 Å². The molecule has 0 unspecified atom stereocenters. The molecule has 0 radical (unpaired) electrons. The van der Waals surface area contributed by atoms with Gasteiger partial charge in [-0.05, 0) is 74.9 Å². The number of amides is 2. The summed E-state index contributed by atoms with van der Waals surface area (Å²) in [5.41, 5.74) is 1.75. The van der Waals surface area contributed by atoms with Crippen LogP contribution in [0.2, 0.25) is 0 Å². The molecule has 9 nitrogen and oxygen atoms in total. The van der Waals surface area contributed by atoms with Crippen LogP contribution in [0.25, 0.3) is 0 Å². The molecule has 1 fully saturated rings. The van der Waals surface area contributed by atoms with Gasteiger partial charge in [0, 0.05) is 45.8 Å². The first-order valence-electron chi connectivity index (χ1n) is 13.6. The molecule has 2 aromatic rings. The number of aryl methyl sites for hydroxylation is 1. The lowest BCUT2D eigenvalue weighted by Crippen LogP contribution is -2.48. The third kappa shape index (κ3) is 8.78. The minimum atomic E-state index is -3.48. The zero-order valence-electron chi connectivity index (χ0n) is 23.2. The SMILES string of the molecule is CCOCCCNC(=O)[C@H](C)N(Cc1ccc(OC)cc1)C(=O)CCc1ccc(S(=O)(=O)N2CCCC2)cc1. The van der Waals surface area contributed by atoms with Crippen molar-refractivity contribution in [3.8, 4) is 5.75 Å². The molecule has 2 amide bonds. The second-order valence-corrected chi connectivity index (χ2v) is 11.6. The molecule has 39 heavy (non-hydrogen) atoms. The van der Waals surface area contributed by atoms with Crippen molar-refractivity contribution in [2.75, 3.05) is 40.0 Å². The summed E-state index contributed by atoms with van der Waals surface area (Å²) in [6.45, 7) is 6.72. The second kappa shape index (κ2) is 15.0. The maximum absolute atomic E-state index is 13.4. The minimum Gasteiger partial charge on any atom is -0.497 e. The largest absolute Gasteiger partial charge is 0.497 e. The first-order valence-corrected chi connectivity index (χ1v) is 15.1. The lowest BCUT2D eigenvalue weighted by atomic mass is 10.1. The van der Waals surface area contributed by atoms with Gasteiger partial charge < -0.3 is 19.7 Å². The summed E-state index contributed by atoms with van der Waals surface area (Å²) in [5.74, 6) is 0.341. The van der Waals surface area contributed by atoms with E-state index in [0.29, 0.717) is 51.4 Å². The number of carbonyl (C=O) groups excluding carboxylic acids is 2. The van der Waals surface area contributed by atoms with Gasteiger partial charge in [0.2, 0.25) is 21.8 Å². The van der Waals surface area contributed by atoms with Gasteiger partial charge in [-0.25, -0.2) is 8.42 Å². The molecular weight excluding hydrogens is 518 g/mol. The van der Waals surface area contributed by atoms with Gasteiger partial charge in [0.25, 0.3) is 0 Å². The van der Waals surface area contributed by atoms with Gasteiger partial charge in [0.05, 0.1) is 12.0 Å². The average Bonchev–Trinajstić information content (AvgIpc) is 3.51. The molecule has 0 spiro atoms. The maximum Gasteiger partial charge on any atom is 0.243 e. The fourth-order valence-electron chi connectivity index (χ4n) is 4.49. The summed E-state index contributed by atoms with van der Waals surface area (Å²) in [5, 5.41) is 2.90. The monoisotopic (exact) mass is 559 g/mol. The van der Waals surface area contributed by atoms with E-state index in [-0.39, 0.29) is 29.7 Å². The van der Waals surface area contributed by atoms with Crippen molar-refractivity contribution in [1.82, 2.24) is 14.5 Å². The van der Waals surface area contributed by atoms with Gasteiger partial charge in [0.15, 0.2) is 0 Å². The van der Waals surface area contributed by atoms with Gasteiger partial charge >= 0.3 is 0 Å². The van der Waals surface area contributed by atoms with Gasteiger partial charge in [0.1, 0.15) is 11.8 Å². The Hall–Kier alpha value is -2.95. The standard InChI is InChI=1S/C29H41N3O6S/c1-4-38-21-7-18-30-29(34)23(2)32(22-25-8-13-26(37-3)14-9-25)28(33)17-12-24-10-15-27(16-11-24)39(35,36)31-19-5-6-20-31/h8-11,13-16,23H,4-7,12,17-22H2,1-3H3,(H,30,34)/t23-/m0/s1. The maximum atomic E-state index is 13.4. The lowest BCUT2D eigenvalue weighted by molar-refractivity contribution is -0.140. The number of benzene rings is 2. The summed E-state index contributed by atoms with van der Waals surface area (Å²) < 4.78 is 37.7. The zero-order chi connectivity index (χ0) is 28.3. The number of sulfonamides is 1. The molecule has 214 valence electrons. The predicted molar refractivity (Wildman–Crippen MR) is 150 cm³/mol. The Balaban J connectivity index is 1.65. The van der Waals surface area contributed by atoms with Crippen molar-refractivity contribution in [3.63, 3.8) is 0 Å². The molecule has 1 N–H and O–H groups in total. The first kappa shape index (κ1) is 30.6. The summed E-state index contributed by atoms with van der Waals surface area (Å²) in [6, 6.07) is 13.5. The summed E-state index contributed by atoms with van der Waals surface area (Å²) in [4.78, 5) is 28.2. The topological polar surface area (TPSA) is 105 Å². The van der Waals surface area contributed by atoms with E-state index in [9.17, 15) is 18.0 Å². The second-order valence-electron chi connectivity index (χ2n) is 9.64. The van der Waals surface area contributed by atoms with Crippen LogP contribution in [0.1, 0.15) is 50.7 Å². The fraction of sp³-hybridized carbons (Fsp3) is 0.517. The molecule has 0 saturated carbocycles. The van der Waals surface area contributed by atoms with E-state index >= 15 is 0 Å². The normalized spacial score (nSPS) is 14.6. The van der Waals surface area contributed by atoms with Crippen LogP contribution >= 0.6 is 0 Å². The molecule has 3 rings (SSSR count). The zero-order valence-corrected chi connectivity index (χ0v) is 24.0. The van der Waals surface area contributed by atoms with Crippen LogP contribution in [0.4, 0.5) is 0 Å². The highest BCUT2D eigenvalue weighted by molar-refractivity contribution is 7.89. The fourth-order valence-corrected chi connectivity index (χ4v) is 6.01. The van der Waals surface area contributed by atoms with Crippen LogP contribution in [-0.2, 0) is 37.3 Å². The Kier molecular flexibility index (Phi) is 11.8. The van der Waals surface area contributed by atoms with E-state index in [2.05, 4.69) is 5.32 Å². The number of hydrogen-bond acceptors (Lipinski definition) is 6. The van der Waals surface area contributed by atoms with Gasteiger partial charge in [-0.1, -0.05) is 24.3 Å². The van der Waals surface area contributed by atoms with Crippen LogP contribution < -0.4 is 10.1 Å². The third-order valence-corrected chi connectivity index (χ3v) is 8.81. The Morgan fingerprint density at radius 3 is 2.28 bits per heavy atom. The van der Waals surface area contributed by atoms with Crippen LogP contribution in [0, 0.1) is 0 Å². The molecule has 2 aromatic carbocycles. The number of ether oxygens (including phenoxy) is 2. The Bertz CT molecular complexity index is 1160. The number of hydrogen-bond donors (Lipinski definition) is 1. The van der Waals surface area contributed by atoms with Crippen molar-refractivity contribution >= 4 is 21.8 Å². The van der Waals surface area contributed by atoms with Crippen LogP contribution in [0.3, 0.4) is 0 Å². The van der Waals surface area contributed by atoms with Crippen molar-refractivity contribution in [1.29, 1.82) is 0 Å². The smallest absolute Gasteiger partial charge is 0.243 e. The van der Waals surface area contributed by atoms with Crippen molar-refractivity contribution < 1.29 is 27.5 Å². The Morgan fingerprint density at radius 1 is 1.03 bits per heavy atom. The average molecular weight is 560 g/mol. The van der Waals surface area contributed by atoms with E-state index in [1.165, 1.54) is 4.31 Å². The first-order chi connectivity index (χ1) is 18.8. The lowest BCUT2D eigenvalue weighted by Gasteiger charge is -2.29. The van der Waals surface area contributed by atoms with Crippen molar-refractivity contribution in [2.45, 2.75) is 63.4 Å². The van der Waals surface area contributed by atoms with E-state index in [1.807, 2.05) is 31.2 Å². The van der Waals surface area contributed by atoms with Crippen molar-refractivity contribution in [2.24, 2.45) is 0 Å². The quantitative estimate of drug-likeness (QED) is 0.336. The number of nitrogens with one attached hydrogen (secondary N) is 1. The molecule has 1 atom stereocenters. The van der Waals surface area contributed by atoms with Gasteiger partial charge in [-0.2, -0.15) is 4.31 Å². The highest BCUT2D eigenvalue weighted by Gasteiger charge is 2.28. The van der Waals surface area contributed by atoms with Gasteiger partial charge in [-0.3, -0.25) is 9.59 Å². The van der Waals surface area contributed by atoms with E-state index in [1.54, 1.807) is 43.2 Å². The molecule has 10 heteroatoms. The predicted octanol–water partition coefficient (Wildman–Crippen LogP) is 3.37. The number of methoxy groups -OCH3 is 1. The van der Waals surface area contributed by atoms with E-state index < -0.39 is 16.1 Å². The van der Waals surface area contributed by atoms with Gasteiger partial charge in [-0.15, -0.1) is 0 Å². The molecule has 1 aliphatic heterocycles. The summed E-state index contributed by atoms with van der Waals surface area (Å²) >= 11 is 0. The van der Waals surface area contributed by atoms with Crippen molar-refractivity contribution in [3.05, 3.63) is 59.7 Å². The highest BCUT2D eigenvalue weighted by atomic mass is 32.2. The van der Waals surface area contributed by atoms with Crippen LogP contribution in [0.5, 0.6) is 5.75 Å². The molecule has 1 saturated heterocycles. The molecule has 1 heterocycles. The minimum absolute atomic E-state index is 0.156. The number of rotatable bonds is 15. The molecule has 0 bridgehead atoms.